The summed E-state index contributed by atoms with van der Waals surface area (Å²) in [5.41, 5.74) is 2.37. The Morgan fingerprint density at radius 2 is 2.18 bits per heavy atom. The van der Waals surface area contributed by atoms with Crippen molar-refractivity contribution in [3.63, 3.8) is 0 Å². The lowest BCUT2D eigenvalue weighted by Crippen LogP contribution is -2.16. The van der Waals surface area contributed by atoms with E-state index in [9.17, 15) is 0 Å². The SMILES string of the molecule is C=C(CC)COc1ccccc1CNC1CC1. The molecule has 0 aliphatic heterocycles. The van der Waals surface area contributed by atoms with Crippen LogP contribution < -0.4 is 10.1 Å². The Balaban J connectivity index is 1.91. The van der Waals surface area contributed by atoms with Gasteiger partial charge in [-0.05, 0) is 30.9 Å². The van der Waals surface area contributed by atoms with E-state index >= 15 is 0 Å². The van der Waals surface area contributed by atoms with Gasteiger partial charge < -0.3 is 10.1 Å². The van der Waals surface area contributed by atoms with Crippen molar-refractivity contribution in [1.29, 1.82) is 0 Å². The summed E-state index contributed by atoms with van der Waals surface area (Å²) in [6, 6.07) is 8.97. The number of para-hydroxylation sites is 1. The molecule has 1 aliphatic carbocycles. The van der Waals surface area contributed by atoms with Gasteiger partial charge in [0.15, 0.2) is 0 Å². The normalized spacial score (nSPS) is 14.6. The highest BCUT2D eigenvalue weighted by Crippen LogP contribution is 2.22. The number of rotatable bonds is 7. The summed E-state index contributed by atoms with van der Waals surface area (Å²) in [4.78, 5) is 0. The van der Waals surface area contributed by atoms with E-state index in [0.717, 1.165) is 30.3 Å². The molecule has 1 fully saturated rings. The first-order valence-corrected chi connectivity index (χ1v) is 6.40. The Hall–Kier alpha value is -1.28. The van der Waals surface area contributed by atoms with Crippen LogP contribution in [0.3, 0.4) is 0 Å². The quantitative estimate of drug-likeness (QED) is 0.727. The second-order valence-electron chi connectivity index (χ2n) is 4.66. The molecule has 0 heterocycles. The number of benzene rings is 1. The largest absolute Gasteiger partial charge is 0.489 e. The molecular formula is C15H21NO. The first kappa shape index (κ1) is 12.2. The lowest BCUT2D eigenvalue weighted by Gasteiger charge is -2.12. The molecule has 1 aromatic carbocycles. The summed E-state index contributed by atoms with van der Waals surface area (Å²) in [7, 11) is 0. The van der Waals surface area contributed by atoms with E-state index < -0.39 is 0 Å². The van der Waals surface area contributed by atoms with Gasteiger partial charge in [-0.15, -0.1) is 0 Å². The molecule has 1 N–H and O–H groups in total. The van der Waals surface area contributed by atoms with Crippen molar-refractivity contribution < 1.29 is 4.74 Å². The number of hydrogen-bond acceptors (Lipinski definition) is 2. The van der Waals surface area contributed by atoms with Gasteiger partial charge in [0.2, 0.25) is 0 Å². The minimum absolute atomic E-state index is 0.622. The number of nitrogens with one attached hydrogen (secondary N) is 1. The molecular weight excluding hydrogens is 210 g/mol. The summed E-state index contributed by atoms with van der Waals surface area (Å²) in [6.45, 7) is 7.59. The Labute approximate surface area is 104 Å². The van der Waals surface area contributed by atoms with E-state index in [-0.39, 0.29) is 0 Å². The van der Waals surface area contributed by atoms with Crippen LogP contribution in [-0.4, -0.2) is 12.6 Å². The first-order chi connectivity index (χ1) is 8.29. The van der Waals surface area contributed by atoms with Crippen molar-refractivity contribution in [3.05, 3.63) is 42.0 Å². The Kier molecular flexibility index (Phi) is 4.21. The summed E-state index contributed by atoms with van der Waals surface area (Å²) in [5.74, 6) is 0.982. The van der Waals surface area contributed by atoms with Gasteiger partial charge in [0.1, 0.15) is 12.4 Å². The van der Waals surface area contributed by atoms with Crippen LogP contribution in [0, 0.1) is 0 Å². The molecule has 17 heavy (non-hydrogen) atoms. The summed E-state index contributed by atoms with van der Waals surface area (Å²) >= 11 is 0. The zero-order valence-corrected chi connectivity index (χ0v) is 10.5. The maximum Gasteiger partial charge on any atom is 0.124 e. The summed E-state index contributed by atoms with van der Waals surface area (Å²) in [6.07, 6.45) is 3.60. The van der Waals surface area contributed by atoms with E-state index in [2.05, 4.69) is 31.0 Å². The van der Waals surface area contributed by atoms with Crippen LogP contribution in [0.1, 0.15) is 31.7 Å². The Bertz CT molecular complexity index is 382. The van der Waals surface area contributed by atoms with Gasteiger partial charge in [0, 0.05) is 18.2 Å². The molecule has 0 aromatic heterocycles. The van der Waals surface area contributed by atoms with Gasteiger partial charge in [0.25, 0.3) is 0 Å². The van der Waals surface area contributed by atoms with Gasteiger partial charge in [-0.25, -0.2) is 0 Å². The van der Waals surface area contributed by atoms with Gasteiger partial charge in [-0.2, -0.15) is 0 Å². The van der Waals surface area contributed by atoms with Crippen LogP contribution in [0.15, 0.2) is 36.4 Å². The van der Waals surface area contributed by atoms with Crippen LogP contribution >= 0.6 is 0 Å². The third-order valence-corrected chi connectivity index (χ3v) is 3.06. The van der Waals surface area contributed by atoms with E-state index in [0.29, 0.717) is 6.61 Å². The predicted molar refractivity (Wildman–Crippen MR) is 71.2 cm³/mol. The molecule has 2 rings (SSSR count). The standard InChI is InChI=1S/C15H21NO/c1-3-12(2)11-17-15-7-5-4-6-13(15)10-16-14-8-9-14/h4-7,14,16H,2-3,8-11H2,1H3. The molecule has 0 unspecified atom stereocenters. The van der Waals surface area contributed by atoms with Crippen molar-refractivity contribution in [2.45, 2.75) is 38.8 Å². The highest BCUT2D eigenvalue weighted by Gasteiger charge is 2.20. The molecule has 0 saturated heterocycles. The zero-order chi connectivity index (χ0) is 12.1. The zero-order valence-electron chi connectivity index (χ0n) is 10.5. The van der Waals surface area contributed by atoms with Gasteiger partial charge in [-0.1, -0.05) is 31.7 Å². The van der Waals surface area contributed by atoms with Crippen LogP contribution in [0.2, 0.25) is 0 Å². The predicted octanol–water partition coefficient (Wildman–Crippen LogP) is 3.28. The second-order valence-corrected chi connectivity index (χ2v) is 4.66. The highest BCUT2D eigenvalue weighted by molar-refractivity contribution is 5.33. The molecule has 1 aliphatic rings. The van der Waals surface area contributed by atoms with Gasteiger partial charge >= 0.3 is 0 Å². The van der Waals surface area contributed by atoms with Crippen LogP contribution in [-0.2, 0) is 6.54 Å². The fourth-order valence-electron chi connectivity index (χ4n) is 1.61. The molecule has 92 valence electrons. The van der Waals surface area contributed by atoms with E-state index in [1.54, 1.807) is 0 Å². The molecule has 0 spiro atoms. The Morgan fingerprint density at radius 3 is 2.88 bits per heavy atom. The van der Waals surface area contributed by atoms with Crippen LogP contribution in [0.5, 0.6) is 5.75 Å². The van der Waals surface area contributed by atoms with Crippen molar-refractivity contribution in [1.82, 2.24) is 5.32 Å². The fourth-order valence-corrected chi connectivity index (χ4v) is 1.61. The molecule has 0 amide bonds. The van der Waals surface area contributed by atoms with Gasteiger partial charge in [0.05, 0.1) is 0 Å². The average Bonchev–Trinajstić information content (AvgIpc) is 3.18. The van der Waals surface area contributed by atoms with Crippen molar-refractivity contribution in [2.75, 3.05) is 6.61 Å². The maximum atomic E-state index is 5.80. The van der Waals surface area contributed by atoms with E-state index in [1.165, 1.54) is 18.4 Å². The molecule has 0 radical (unpaired) electrons. The monoisotopic (exact) mass is 231 g/mol. The third kappa shape index (κ3) is 3.90. The second kappa shape index (κ2) is 5.87. The van der Waals surface area contributed by atoms with Crippen molar-refractivity contribution >= 4 is 0 Å². The number of hydrogen-bond donors (Lipinski definition) is 1. The van der Waals surface area contributed by atoms with Gasteiger partial charge in [-0.3, -0.25) is 0 Å². The first-order valence-electron chi connectivity index (χ1n) is 6.40. The average molecular weight is 231 g/mol. The smallest absolute Gasteiger partial charge is 0.124 e. The molecule has 0 bridgehead atoms. The molecule has 1 aromatic rings. The maximum absolute atomic E-state index is 5.80. The summed E-state index contributed by atoms with van der Waals surface area (Å²) < 4.78 is 5.80. The lowest BCUT2D eigenvalue weighted by atomic mass is 10.2. The summed E-state index contributed by atoms with van der Waals surface area (Å²) in [5, 5.41) is 3.51. The van der Waals surface area contributed by atoms with Crippen molar-refractivity contribution in [3.8, 4) is 5.75 Å². The molecule has 2 heteroatoms. The van der Waals surface area contributed by atoms with Crippen LogP contribution in [0.25, 0.3) is 0 Å². The minimum atomic E-state index is 0.622. The third-order valence-electron chi connectivity index (χ3n) is 3.06. The minimum Gasteiger partial charge on any atom is -0.489 e. The topological polar surface area (TPSA) is 21.3 Å². The molecule has 1 saturated carbocycles. The highest BCUT2D eigenvalue weighted by atomic mass is 16.5. The fraction of sp³-hybridized carbons (Fsp3) is 0.467. The lowest BCUT2D eigenvalue weighted by molar-refractivity contribution is 0.344. The van der Waals surface area contributed by atoms with E-state index in [4.69, 9.17) is 4.74 Å². The molecule has 2 nitrogen and oxygen atoms in total. The van der Waals surface area contributed by atoms with Crippen LogP contribution in [0.4, 0.5) is 0 Å². The molecule has 0 atom stereocenters. The van der Waals surface area contributed by atoms with E-state index in [1.807, 2.05) is 12.1 Å². The Morgan fingerprint density at radius 1 is 1.41 bits per heavy atom. The van der Waals surface area contributed by atoms with Crippen molar-refractivity contribution in [2.24, 2.45) is 0 Å². The number of ether oxygens (including phenoxy) is 1.